The van der Waals surface area contributed by atoms with E-state index in [1.807, 2.05) is 24.3 Å². The van der Waals surface area contributed by atoms with E-state index >= 15 is 0 Å². The molecule has 2 unspecified atom stereocenters. The lowest BCUT2D eigenvalue weighted by atomic mass is 10.1. The number of piperazine rings is 1. The second-order valence-corrected chi connectivity index (χ2v) is 6.12. The standard InChI is InChI=1S/C17H23N3O4/c1-12(21)20-7-6-18-13(10-20)8-17(22)19-9-14-11-23-15-4-2-3-5-16(15)24-14/h2-5,13-14,18H,6-11H2,1H3,(H,19,22). The van der Waals surface area contributed by atoms with Gasteiger partial charge in [0, 0.05) is 39.0 Å². The summed E-state index contributed by atoms with van der Waals surface area (Å²) in [6, 6.07) is 7.49. The van der Waals surface area contributed by atoms with Crippen molar-refractivity contribution in [2.75, 3.05) is 32.8 Å². The maximum absolute atomic E-state index is 12.1. The molecule has 1 fully saturated rings. The van der Waals surface area contributed by atoms with Crippen molar-refractivity contribution in [2.24, 2.45) is 0 Å². The third kappa shape index (κ3) is 4.17. The predicted octanol–water partition coefficient (Wildman–Crippen LogP) is 0.153. The number of fused-ring (bicyclic) bond motifs is 1. The molecule has 0 aromatic heterocycles. The number of hydrogen-bond acceptors (Lipinski definition) is 5. The summed E-state index contributed by atoms with van der Waals surface area (Å²) in [6.07, 6.45) is 0.144. The molecule has 2 heterocycles. The van der Waals surface area contributed by atoms with E-state index < -0.39 is 0 Å². The molecule has 1 saturated heterocycles. The van der Waals surface area contributed by atoms with Crippen LogP contribution in [0.25, 0.3) is 0 Å². The zero-order valence-corrected chi connectivity index (χ0v) is 13.8. The van der Waals surface area contributed by atoms with Crippen molar-refractivity contribution < 1.29 is 19.1 Å². The predicted molar refractivity (Wildman–Crippen MR) is 88.0 cm³/mol. The van der Waals surface area contributed by atoms with Gasteiger partial charge in [0.05, 0.1) is 6.54 Å². The van der Waals surface area contributed by atoms with E-state index in [-0.39, 0.29) is 24.0 Å². The van der Waals surface area contributed by atoms with E-state index in [0.29, 0.717) is 45.0 Å². The number of benzene rings is 1. The van der Waals surface area contributed by atoms with Gasteiger partial charge >= 0.3 is 0 Å². The van der Waals surface area contributed by atoms with Gasteiger partial charge in [0.25, 0.3) is 0 Å². The van der Waals surface area contributed by atoms with Crippen LogP contribution in [0.4, 0.5) is 0 Å². The normalized spacial score (nSPS) is 22.8. The fraction of sp³-hybridized carbons (Fsp3) is 0.529. The molecule has 1 aromatic carbocycles. The van der Waals surface area contributed by atoms with Crippen LogP contribution in [-0.2, 0) is 9.59 Å². The van der Waals surface area contributed by atoms with Crippen LogP contribution in [-0.4, -0.2) is 61.6 Å². The van der Waals surface area contributed by atoms with Crippen LogP contribution in [0.2, 0.25) is 0 Å². The van der Waals surface area contributed by atoms with Gasteiger partial charge in [0.15, 0.2) is 11.5 Å². The Hall–Kier alpha value is -2.28. The SMILES string of the molecule is CC(=O)N1CCNC(CC(=O)NCC2COc3ccccc3O2)C1. The smallest absolute Gasteiger partial charge is 0.221 e. The number of ether oxygens (including phenoxy) is 2. The monoisotopic (exact) mass is 333 g/mol. The summed E-state index contributed by atoms with van der Waals surface area (Å²) in [5.74, 6) is 1.43. The molecule has 1 aromatic rings. The Morgan fingerprint density at radius 3 is 2.92 bits per heavy atom. The highest BCUT2D eigenvalue weighted by molar-refractivity contribution is 5.77. The Kier molecular flexibility index (Phi) is 5.20. The molecular formula is C17H23N3O4. The number of nitrogens with one attached hydrogen (secondary N) is 2. The zero-order valence-electron chi connectivity index (χ0n) is 13.8. The van der Waals surface area contributed by atoms with Crippen LogP contribution in [0.5, 0.6) is 11.5 Å². The molecule has 3 rings (SSSR count). The fourth-order valence-electron chi connectivity index (χ4n) is 2.94. The minimum absolute atomic E-state index is 0.00750. The molecule has 2 amide bonds. The molecule has 7 nitrogen and oxygen atoms in total. The highest BCUT2D eigenvalue weighted by atomic mass is 16.6. The van der Waals surface area contributed by atoms with Crippen LogP contribution in [0.15, 0.2) is 24.3 Å². The first-order valence-corrected chi connectivity index (χ1v) is 8.26. The molecule has 0 radical (unpaired) electrons. The van der Waals surface area contributed by atoms with Gasteiger partial charge in [0.2, 0.25) is 11.8 Å². The number of nitrogens with zero attached hydrogens (tertiary/aromatic N) is 1. The molecule has 0 bridgehead atoms. The minimum Gasteiger partial charge on any atom is -0.486 e. The molecular weight excluding hydrogens is 310 g/mol. The summed E-state index contributed by atoms with van der Waals surface area (Å²) in [5, 5.41) is 6.16. The Bertz CT molecular complexity index is 607. The lowest BCUT2D eigenvalue weighted by Crippen LogP contribution is -2.53. The van der Waals surface area contributed by atoms with Gasteiger partial charge in [0.1, 0.15) is 12.7 Å². The van der Waals surface area contributed by atoms with Crippen LogP contribution < -0.4 is 20.1 Å². The Morgan fingerprint density at radius 2 is 2.12 bits per heavy atom. The third-order valence-corrected chi connectivity index (χ3v) is 4.23. The second kappa shape index (κ2) is 7.53. The molecule has 7 heteroatoms. The second-order valence-electron chi connectivity index (χ2n) is 6.12. The first-order valence-electron chi connectivity index (χ1n) is 8.26. The van der Waals surface area contributed by atoms with E-state index in [1.54, 1.807) is 11.8 Å². The zero-order chi connectivity index (χ0) is 16.9. The molecule has 2 aliphatic heterocycles. The maximum atomic E-state index is 12.1. The third-order valence-electron chi connectivity index (χ3n) is 4.23. The molecule has 0 saturated carbocycles. The first-order chi connectivity index (χ1) is 11.6. The van der Waals surface area contributed by atoms with Crippen molar-refractivity contribution in [3.63, 3.8) is 0 Å². The largest absolute Gasteiger partial charge is 0.486 e. The van der Waals surface area contributed by atoms with Crippen LogP contribution in [0.1, 0.15) is 13.3 Å². The Labute approximate surface area is 141 Å². The van der Waals surface area contributed by atoms with E-state index in [2.05, 4.69) is 10.6 Å². The maximum Gasteiger partial charge on any atom is 0.221 e. The molecule has 0 spiro atoms. The van der Waals surface area contributed by atoms with E-state index in [1.165, 1.54) is 0 Å². The van der Waals surface area contributed by atoms with Gasteiger partial charge in [-0.15, -0.1) is 0 Å². The summed E-state index contributed by atoms with van der Waals surface area (Å²) in [5.41, 5.74) is 0. The van der Waals surface area contributed by atoms with E-state index in [4.69, 9.17) is 9.47 Å². The van der Waals surface area contributed by atoms with Crippen molar-refractivity contribution in [1.29, 1.82) is 0 Å². The molecule has 2 atom stereocenters. The Morgan fingerprint density at radius 1 is 1.33 bits per heavy atom. The van der Waals surface area contributed by atoms with Gasteiger partial charge in [-0.05, 0) is 12.1 Å². The van der Waals surface area contributed by atoms with E-state index in [9.17, 15) is 9.59 Å². The molecule has 0 aliphatic carbocycles. The number of carbonyl (C=O) groups is 2. The van der Waals surface area contributed by atoms with Gasteiger partial charge in [-0.25, -0.2) is 0 Å². The summed E-state index contributed by atoms with van der Waals surface area (Å²) < 4.78 is 11.4. The van der Waals surface area contributed by atoms with Crippen LogP contribution in [0, 0.1) is 0 Å². The van der Waals surface area contributed by atoms with Crippen molar-refractivity contribution in [1.82, 2.24) is 15.5 Å². The highest BCUT2D eigenvalue weighted by Crippen LogP contribution is 2.30. The van der Waals surface area contributed by atoms with Crippen molar-refractivity contribution in [3.05, 3.63) is 24.3 Å². The van der Waals surface area contributed by atoms with Crippen LogP contribution >= 0.6 is 0 Å². The van der Waals surface area contributed by atoms with Crippen molar-refractivity contribution in [2.45, 2.75) is 25.5 Å². The topological polar surface area (TPSA) is 79.9 Å². The van der Waals surface area contributed by atoms with Crippen molar-refractivity contribution in [3.8, 4) is 11.5 Å². The summed E-state index contributed by atoms with van der Waals surface area (Å²) in [6.45, 7) is 4.35. The minimum atomic E-state index is -0.197. The number of hydrogen-bond donors (Lipinski definition) is 2. The number of para-hydroxylation sites is 2. The van der Waals surface area contributed by atoms with Crippen molar-refractivity contribution >= 4 is 11.8 Å². The Balaban J connectivity index is 1.42. The summed E-state index contributed by atoms with van der Waals surface area (Å²) in [4.78, 5) is 25.3. The molecule has 130 valence electrons. The van der Waals surface area contributed by atoms with Crippen LogP contribution in [0.3, 0.4) is 0 Å². The number of amides is 2. The molecule has 2 aliphatic rings. The van der Waals surface area contributed by atoms with E-state index in [0.717, 1.165) is 5.75 Å². The average molecular weight is 333 g/mol. The summed E-state index contributed by atoms with van der Waals surface area (Å²) in [7, 11) is 0. The van der Waals surface area contributed by atoms with Gasteiger partial charge < -0.3 is 25.0 Å². The molecule has 24 heavy (non-hydrogen) atoms. The number of carbonyl (C=O) groups excluding carboxylic acids is 2. The fourth-order valence-corrected chi connectivity index (χ4v) is 2.94. The highest BCUT2D eigenvalue weighted by Gasteiger charge is 2.24. The van der Waals surface area contributed by atoms with Gasteiger partial charge in [-0.2, -0.15) is 0 Å². The lowest BCUT2D eigenvalue weighted by molar-refractivity contribution is -0.131. The quantitative estimate of drug-likeness (QED) is 0.820. The summed E-state index contributed by atoms with van der Waals surface area (Å²) >= 11 is 0. The lowest BCUT2D eigenvalue weighted by Gasteiger charge is -2.33. The average Bonchev–Trinajstić information content (AvgIpc) is 2.60. The van der Waals surface area contributed by atoms with Gasteiger partial charge in [-0.3, -0.25) is 9.59 Å². The first kappa shape index (κ1) is 16.6. The number of rotatable bonds is 4. The molecule has 2 N–H and O–H groups in total. The van der Waals surface area contributed by atoms with Gasteiger partial charge in [-0.1, -0.05) is 12.1 Å².